The molecule has 4 rings (SSSR count). The maximum Gasteiger partial charge on any atom is 0.260 e. The topological polar surface area (TPSA) is 42.4 Å². The van der Waals surface area contributed by atoms with Gasteiger partial charge in [0.1, 0.15) is 5.75 Å². The Labute approximate surface area is 153 Å². The van der Waals surface area contributed by atoms with Gasteiger partial charge < -0.3 is 9.64 Å². The Balaban J connectivity index is 1.59. The van der Waals surface area contributed by atoms with Crippen molar-refractivity contribution in [1.29, 1.82) is 0 Å². The SMILES string of the molecule is CN(CC1CC1)C(=O)COc1cc(-c2ccccc2)nc2ccccc12. The van der Waals surface area contributed by atoms with Crippen molar-refractivity contribution in [2.24, 2.45) is 5.92 Å². The van der Waals surface area contributed by atoms with E-state index in [0.29, 0.717) is 11.7 Å². The van der Waals surface area contributed by atoms with Crippen molar-refractivity contribution in [2.75, 3.05) is 20.2 Å². The first-order chi connectivity index (χ1) is 12.7. The van der Waals surface area contributed by atoms with E-state index in [0.717, 1.165) is 28.7 Å². The predicted molar refractivity (Wildman–Crippen MR) is 103 cm³/mol. The van der Waals surface area contributed by atoms with Crippen molar-refractivity contribution in [3.8, 4) is 17.0 Å². The van der Waals surface area contributed by atoms with Gasteiger partial charge in [0, 0.05) is 30.6 Å². The van der Waals surface area contributed by atoms with Gasteiger partial charge in [-0.25, -0.2) is 4.98 Å². The Hall–Kier alpha value is -2.88. The number of ether oxygens (including phenoxy) is 1. The van der Waals surface area contributed by atoms with Gasteiger partial charge in [0.15, 0.2) is 6.61 Å². The minimum Gasteiger partial charge on any atom is -0.483 e. The lowest BCUT2D eigenvalue weighted by Crippen LogP contribution is -2.33. The summed E-state index contributed by atoms with van der Waals surface area (Å²) in [5.41, 5.74) is 2.74. The number of fused-ring (bicyclic) bond motifs is 1. The van der Waals surface area contributed by atoms with Crippen molar-refractivity contribution < 1.29 is 9.53 Å². The summed E-state index contributed by atoms with van der Waals surface area (Å²) in [5.74, 6) is 1.39. The first-order valence-electron chi connectivity index (χ1n) is 9.02. The quantitative estimate of drug-likeness (QED) is 0.673. The van der Waals surface area contributed by atoms with Gasteiger partial charge >= 0.3 is 0 Å². The Kier molecular flexibility index (Phi) is 4.57. The average Bonchev–Trinajstić information content (AvgIpc) is 3.50. The van der Waals surface area contributed by atoms with Crippen LogP contribution in [0, 0.1) is 5.92 Å². The van der Waals surface area contributed by atoms with Gasteiger partial charge in [0.2, 0.25) is 0 Å². The highest BCUT2D eigenvalue weighted by Gasteiger charge is 2.25. The maximum atomic E-state index is 12.4. The van der Waals surface area contributed by atoms with Crippen LogP contribution in [0.15, 0.2) is 60.7 Å². The third-order valence-corrected chi connectivity index (χ3v) is 4.75. The van der Waals surface area contributed by atoms with Crippen molar-refractivity contribution in [3.63, 3.8) is 0 Å². The van der Waals surface area contributed by atoms with Crippen LogP contribution in [0.1, 0.15) is 12.8 Å². The van der Waals surface area contributed by atoms with Crippen LogP contribution >= 0.6 is 0 Å². The number of benzene rings is 2. The standard InChI is InChI=1S/C22H22N2O2/c1-24(14-16-11-12-16)22(25)15-26-21-13-20(17-7-3-2-4-8-17)23-19-10-6-5-9-18(19)21/h2-10,13,16H,11-12,14-15H2,1H3. The second-order valence-corrected chi connectivity index (χ2v) is 6.90. The van der Waals surface area contributed by atoms with Crippen LogP contribution in [0.25, 0.3) is 22.2 Å². The van der Waals surface area contributed by atoms with E-state index < -0.39 is 0 Å². The Morgan fingerprint density at radius 2 is 1.85 bits per heavy atom. The van der Waals surface area contributed by atoms with Gasteiger partial charge in [-0.2, -0.15) is 0 Å². The summed E-state index contributed by atoms with van der Waals surface area (Å²) in [5, 5.41) is 0.921. The number of para-hydroxylation sites is 1. The van der Waals surface area contributed by atoms with Crippen LogP contribution < -0.4 is 4.74 Å². The first-order valence-corrected chi connectivity index (χ1v) is 9.02. The van der Waals surface area contributed by atoms with Crippen molar-refractivity contribution in [1.82, 2.24) is 9.88 Å². The molecule has 0 N–H and O–H groups in total. The maximum absolute atomic E-state index is 12.4. The number of carbonyl (C=O) groups excluding carboxylic acids is 1. The number of likely N-dealkylation sites (N-methyl/N-ethyl adjacent to an activating group) is 1. The van der Waals surface area contributed by atoms with Crippen molar-refractivity contribution in [2.45, 2.75) is 12.8 Å². The van der Waals surface area contributed by atoms with E-state index in [1.54, 1.807) is 4.90 Å². The van der Waals surface area contributed by atoms with E-state index in [2.05, 4.69) is 0 Å². The van der Waals surface area contributed by atoms with Gasteiger partial charge in [-0.15, -0.1) is 0 Å². The molecule has 0 aliphatic heterocycles. The zero-order valence-electron chi connectivity index (χ0n) is 14.9. The Bertz CT molecular complexity index is 920. The molecule has 2 aromatic carbocycles. The molecule has 1 heterocycles. The molecule has 0 atom stereocenters. The minimum absolute atomic E-state index is 0.0130. The lowest BCUT2D eigenvalue weighted by atomic mass is 10.1. The molecule has 1 aromatic heterocycles. The van der Waals surface area contributed by atoms with Crippen LogP contribution in [0.3, 0.4) is 0 Å². The lowest BCUT2D eigenvalue weighted by Gasteiger charge is -2.18. The zero-order chi connectivity index (χ0) is 17.9. The number of amides is 1. The highest BCUT2D eigenvalue weighted by molar-refractivity contribution is 5.88. The highest BCUT2D eigenvalue weighted by atomic mass is 16.5. The van der Waals surface area contributed by atoms with E-state index in [1.165, 1.54) is 12.8 Å². The molecule has 3 aromatic rings. The summed E-state index contributed by atoms with van der Waals surface area (Å²) >= 11 is 0. The molecule has 0 spiro atoms. The molecule has 1 aliphatic carbocycles. The van der Waals surface area contributed by atoms with Gasteiger partial charge in [0.05, 0.1) is 11.2 Å². The van der Waals surface area contributed by atoms with E-state index in [1.807, 2.05) is 67.7 Å². The van der Waals surface area contributed by atoms with Crippen molar-refractivity contribution in [3.05, 3.63) is 60.7 Å². The second-order valence-electron chi connectivity index (χ2n) is 6.90. The lowest BCUT2D eigenvalue weighted by molar-refractivity contribution is -0.132. The normalized spacial score (nSPS) is 13.6. The van der Waals surface area contributed by atoms with E-state index in [9.17, 15) is 4.79 Å². The van der Waals surface area contributed by atoms with Gasteiger partial charge in [-0.3, -0.25) is 4.79 Å². The van der Waals surface area contributed by atoms with E-state index in [-0.39, 0.29) is 12.5 Å². The number of hydrogen-bond acceptors (Lipinski definition) is 3. The molecule has 1 aliphatic rings. The van der Waals surface area contributed by atoms with E-state index >= 15 is 0 Å². The molecule has 1 amide bonds. The molecule has 1 fully saturated rings. The summed E-state index contributed by atoms with van der Waals surface area (Å²) in [6.45, 7) is 0.875. The monoisotopic (exact) mass is 346 g/mol. The fourth-order valence-corrected chi connectivity index (χ4v) is 3.06. The number of pyridine rings is 1. The fraction of sp³-hybridized carbons (Fsp3) is 0.273. The van der Waals surface area contributed by atoms with Crippen LogP contribution in [-0.4, -0.2) is 36.0 Å². The van der Waals surface area contributed by atoms with Crippen LogP contribution in [0.5, 0.6) is 5.75 Å². The van der Waals surface area contributed by atoms with Crippen LogP contribution in [0.4, 0.5) is 0 Å². The predicted octanol–water partition coefficient (Wildman–Crippen LogP) is 4.15. The third-order valence-electron chi connectivity index (χ3n) is 4.75. The smallest absolute Gasteiger partial charge is 0.260 e. The summed E-state index contributed by atoms with van der Waals surface area (Å²) < 4.78 is 5.94. The van der Waals surface area contributed by atoms with Crippen LogP contribution in [-0.2, 0) is 4.79 Å². The summed E-state index contributed by atoms with van der Waals surface area (Å²) in [6.07, 6.45) is 2.46. The molecular weight excluding hydrogens is 324 g/mol. The molecule has 26 heavy (non-hydrogen) atoms. The largest absolute Gasteiger partial charge is 0.483 e. The molecular formula is C22H22N2O2. The number of nitrogens with zero attached hydrogens (tertiary/aromatic N) is 2. The van der Waals surface area contributed by atoms with E-state index in [4.69, 9.17) is 9.72 Å². The third kappa shape index (κ3) is 3.69. The Morgan fingerprint density at radius 3 is 2.62 bits per heavy atom. The molecule has 4 nitrogen and oxygen atoms in total. The summed E-state index contributed by atoms with van der Waals surface area (Å²) in [4.78, 5) is 18.9. The average molecular weight is 346 g/mol. The zero-order valence-corrected chi connectivity index (χ0v) is 14.9. The second kappa shape index (κ2) is 7.16. The first kappa shape index (κ1) is 16.6. The van der Waals surface area contributed by atoms with Crippen LogP contribution in [0.2, 0.25) is 0 Å². The number of carbonyl (C=O) groups is 1. The summed E-state index contributed by atoms with van der Waals surface area (Å²) in [7, 11) is 1.85. The fourth-order valence-electron chi connectivity index (χ4n) is 3.06. The van der Waals surface area contributed by atoms with Gasteiger partial charge in [-0.05, 0) is 30.9 Å². The highest BCUT2D eigenvalue weighted by Crippen LogP contribution is 2.31. The number of rotatable bonds is 6. The molecule has 0 bridgehead atoms. The molecule has 0 unspecified atom stereocenters. The molecule has 1 saturated carbocycles. The molecule has 0 radical (unpaired) electrons. The number of hydrogen-bond donors (Lipinski definition) is 0. The number of aromatic nitrogens is 1. The molecule has 132 valence electrons. The van der Waals surface area contributed by atoms with Gasteiger partial charge in [-0.1, -0.05) is 42.5 Å². The van der Waals surface area contributed by atoms with Crippen molar-refractivity contribution >= 4 is 16.8 Å². The Morgan fingerprint density at radius 1 is 1.12 bits per heavy atom. The summed E-state index contributed by atoms with van der Waals surface area (Å²) in [6, 6.07) is 19.8. The molecule has 0 saturated heterocycles. The molecule has 4 heteroatoms. The minimum atomic E-state index is 0.0130. The van der Waals surface area contributed by atoms with Gasteiger partial charge in [0.25, 0.3) is 5.91 Å².